The molecule has 20 heavy (non-hydrogen) atoms. The number of ether oxygens (including phenoxy) is 1. The summed E-state index contributed by atoms with van der Waals surface area (Å²) in [7, 11) is -4.53. The third-order valence-corrected chi connectivity index (χ3v) is 3.42. The summed E-state index contributed by atoms with van der Waals surface area (Å²) >= 11 is 0. The van der Waals surface area contributed by atoms with Crippen LogP contribution in [0, 0.1) is 0 Å². The molecule has 0 radical (unpaired) electrons. The zero-order valence-corrected chi connectivity index (χ0v) is 12.9. The molecule has 0 saturated heterocycles. The van der Waals surface area contributed by atoms with Gasteiger partial charge in [0.15, 0.2) is 0 Å². The maximum Gasteiger partial charge on any atom is 0.472 e. The Bertz CT molecular complexity index is 443. The second-order valence-electron chi connectivity index (χ2n) is 4.70. The summed E-state index contributed by atoms with van der Waals surface area (Å²) in [6.45, 7) is 3.63. The smallest absolute Gasteiger partial charge is 0.464 e. The summed E-state index contributed by atoms with van der Waals surface area (Å²) in [4.78, 5) is 17.5. The van der Waals surface area contributed by atoms with Crippen molar-refractivity contribution in [3.8, 4) is 5.75 Å². The van der Waals surface area contributed by atoms with Gasteiger partial charge in [0.25, 0.3) is 0 Å². The monoisotopic (exact) mass is 302 g/mol. The van der Waals surface area contributed by atoms with Crippen molar-refractivity contribution in [2.45, 2.75) is 52.2 Å². The Balaban J connectivity index is 2.58. The number of unbranched alkanes of at least 4 members (excludes halogenated alkanes) is 3. The highest BCUT2D eigenvalue weighted by Gasteiger charge is 2.20. The van der Waals surface area contributed by atoms with Gasteiger partial charge in [-0.1, -0.05) is 44.4 Å². The molecule has 0 amide bonds. The van der Waals surface area contributed by atoms with E-state index in [0.29, 0.717) is 5.75 Å². The Morgan fingerprint density at radius 2 is 1.90 bits per heavy atom. The summed E-state index contributed by atoms with van der Waals surface area (Å²) in [5.74, 6) is 0.616. The lowest BCUT2D eigenvalue weighted by Crippen LogP contribution is -2.15. The van der Waals surface area contributed by atoms with E-state index < -0.39 is 14.1 Å². The van der Waals surface area contributed by atoms with Crippen molar-refractivity contribution < 1.29 is 23.6 Å². The molecule has 114 valence electrons. The zero-order valence-electron chi connectivity index (χ0n) is 12.0. The molecule has 1 atom stereocenters. The number of hydrogen-bond donors (Lipinski definition) is 2. The average Bonchev–Trinajstić information content (AvgIpc) is 2.34. The second kappa shape index (κ2) is 8.42. The first-order valence-corrected chi connectivity index (χ1v) is 8.44. The fourth-order valence-corrected chi connectivity index (χ4v) is 2.39. The lowest BCUT2D eigenvalue weighted by Gasteiger charge is -2.18. The molecular formula is C14H23O5P. The van der Waals surface area contributed by atoms with Crippen LogP contribution in [0.1, 0.15) is 45.1 Å². The van der Waals surface area contributed by atoms with Gasteiger partial charge in [0.1, 0.15) is 5.75 Å². The van der Waals surface area contributed by atoms with E-state index in [9.17, 15) is 4.57 Å². The van der Waals surface area contributed by atoms with E-state index in [0.717, 1.165) is 18.4 Å². The van der Waals surface area contributed by atoms with E-state index in [1.807, 2.05) is 18.2 Å². The summed E-state index contributed by atoms with van der Waals surface area (Å²) < 4.78 is 20.7. The number of phosphoric acid groups is 1. The van der Waals surface area contributed by atoms with Gasteiger partial charge in [0, 0.05) is 0 Å². The standard InChI is InChI=1S/C14H23O5P/c1-3-4-5-6-9-13-10-7-8-11-14(13)18-12(2)19-20(15,16)17/h7-8,10-12H,3-6,9H2,1-2H3,(H2,15,16,17). The number of hydrogen-bond acceptors (Lipinski definition) is 3. The van der Waals surface area contributed by atoms with E-state index >= 15 is 0 Å². The molecule has 1 aromatic carbocycles. The van der Waals surface area contributed by atoms with Gasteiger partial charge in [0.05, 0.1) is 0 Å². The molecule has 0 bridgehead atoms. The van der Waals surface area contributed by atoms with Gasteiger partial charge < -0.3 is 14.5 Å². The Morgan fingerprint density at radius 3 is 2.55 bits per heavy atom. The SMILES string of the molecule is CCCCCCc1ccccc1OC(C)OP(=O)(O)O. The number of para-hydroxylation sites is 1. The molecule has 2 N–H and O–H groups in total. The van der Waals surface area contributed by atoms with Crippen LogP contribution in [0.2, 0.25) is 0 Å². The molecule has 0 aliphatic heterocycles. The maximum atomic E-state index is 10.8. The molecule has 0 saturated carbocycles. The number of benzene rings is 1. The van der Waals surface area contributed by atoms with Gasteiger partial charge in [-0.15, -0.1) is 0 Å². The van der Waals surface area contributed by atoms with Crippen LogP contribution in [0.15, 0.2) is 24.3 Å². The molecule has 0 aliphatic rings. The van der Waals surface area contributed by atoms with Gasteiger partial charge >= 0.3 is 7.82 Å². The van der Waals surface area contributed by atoms with Crippen LogP contribution in [0.25, 0.3) is 0 Å². The number of aryl methyl sites for hydroxylation is 1. The Labute approximate surface area is 120 Å². The molecule has 0 fully saturated rings. The first-order chi connectivity index (χ1) is 9.42. The Hall–Kier alpha value is -0.870. The quantitative estimate of drug-likeness (QED) is 0.414. The molecule has 0 aromatic heterocycles. The van der Waals surface area contributed by atoms with Crippen molar-refractivity contribution in [3.05, 3.63) is 29.8 Å². The van der Waals surface area contributed by atoms with Gasteiger partial charge in [-0.2, -0.15) is 0 Å². The van der Waals surface area contributed by atoms with Crippen molar-refractivity contribution in [3.63, 3.8) is 0 Å². The van der Waals surface area contributed by atoms with Crippen LogP contribution in [0.4, 0.5) is 0 Å². The average molecular weight is 302 g/mol. The topological polar surface area (TPSA) is 76.0 Å². The molecular weight excluding hydrogens is 279 g/mol. The lowest BCUT2D eigenvalue weighted by molar-refractivity contribution is -0.00148. The Morgan fingerprint density at radius 1 is 1.20 bits per heavy atom. The van der Waals surface area contributed by atoms with Gasteiger partial charge in [-0.25, -0.2) is 9.09 Å². The molecule has 6 heteroatoms. The lowest BCUT2D eigenvalue weighted by atomic mass is 10.1. The fourth-order valence-electron chi connectivity index (χ4n) is 1.96. The largest absolute Gasteiger partial charge is 0.472 e. The molecule has 0 spiro atoms. The maximum absolute atomic E-state index is 10.8. The fraction of sp³-hybridized carbons (Fsp3) is 0.571. The highest BCUT2D eigenvalue weighted by atomic mass is 31.2. The van der Waals surface area contributed by atoms with Crippen LogP contribution in [0.3, 0.4) is 0 Å². The van der Waals surface area contributed by atoms with E-state index in [2.05, 4.69) is 11.4 Å². The van der Waals surface area contributed by atoms with Crippen LogP contribution < -0.4 is 4.74 Å². The van der Waals surface area contributed by atoms with Crippen LogP contribution in [0.5, 0.6) is 5.75 Å². The molecule has 1 unspecified atom stereocenters. The summed E-state index contributed by atoms with van der Waals surface area (Å²) in [5, 5.41) is 0. The molecule has 1 aromatic rings. The highest BCUT2D eigenvalue weighted by molar-refractivity contribution is 7.46. The van der Waals surface area contributed by atoms with Crippen molar-refractivity contribution >= 4 is 7.82 Å². The summed E-state index contributed by atoms with van der Waals surface area (Å²) in [6, 6.07) is 7.51. The summed E-state index contributed by atoms with van der Waals surface area (Å²) in [5.41, 5.74) is 1.03. The van der Waals surface area contributed by atoms with E-state index in [-0.39, 0.29) is 0 Å². The van der Waals surface area contributed by atoms with Crippen LogP contribution >= 0.6 is 7.82 Å². The minimum absolute atomic E-state index is 0.616. The number of rotatable bonds is 9. The third-order valence-electron chi connectivity index (χ3n) is 2.85. The van der Waals surface area contributed by atoms with Gasteiger partial charge in [0.2, 0.25) is 6.29 Å². The minimum atomic E-state index is -4.53. The zero-order chi connectivity index (χ0) is 15.0. The van der Waals surface area contributed by atoms with E-state index in [4.69, 9.17) is 14.5 Å². The highest BCUT2D eigenvalue weighted by Crippen LogP contribution is 2.38. The molecule has 0 heterocycles. The predicted octanol–water partition coefficient (Wildman–Crippen LogP) is 3.64. The Kier molecular flexibility index (Phi) is 7.24. The second-order valence-corrected chi connectivity index (χ2v) is 5.89. The number of phosphoric ester groups is 1. The molecule has 5 nitrogen and oxygen atoms in total. The van der Waals surface area contributed by atoms with Crippen molar-refractivity contribution in [2.75, 3.05) is 0 Å². The van der Waals surface area contributed by atoms with E-state index in [1.165, 1.54) is 26.2 Å². The minimum Gasteiger partial charge on any atom is -0.464 e. The summed E-state index contributed by atoms with van der Waals surface area (Å²) in [6.07, 6.45) is 4.53. The van der Waals surface area contributed by atoms with Crippen molar-refractivity contribution in [1.29, 1.82) is 0 Å². The normalized spacial score (nSPS) is 13.2. The first-order valence-electron chi connectivity index (χ1n) is 6.91. The van der Waals surface area contributed by atoms with Crippen molar-refractivity contribution in [1.82, 2.24) is 0 Å². The van der Waals surface area contributed by atoms with Crippen molar-refractivity contribution in [2.24, 2.45) is 0 Å². The van der Waals surface area contributed by atoms with E-state index in [1.54, 1.807) is 6.07 Å². The van der Waals surface area contributed by atoms with Gasteiger partial charge in [-0.05, 0) is 31.4 Å². The predicted molar refractivity (Wildman–Crippen MR) is 77.5 cm³/mol. The molecule has 0 aliphatic carbocycles. The van der Waals surface area contributed by atoms with Gasteiger partial charge in [-0.3, -0.25) is 0 Å². The first kappa shape index (κ1) is 17.2. The molecule has 1 rings (SSSR count). The van der Waals surface area contributed by atoms with Crippen LogP contribution in [-0.2, 0) is 15.5 Å². The third kappa shape index (κ3) is 7.06. The van der Waals surface area contributed by atoms with Crippen LogP contribution in [-0.4, -0.2) is 16.1 Å².